The summed E-state index contributed by atoms with van der Waals surface area (Å²) in [4.78, 5) is 0. The van der Waals surface area contributed by atoms with Gasteiger partial charge in [0, 0.05) is 16.1 Å². The average Bonchev–Trinajstić information content (AvgIpc) is 2.94. The lowest BCUT2D eigenvalue weighted by Gasteiger charge is -2.08. The smallest absolute Gasteiger partial charge is 0.333 e. The molecule has 0 aliphatic carbocycles. The Morgan fingerprint density at radius 2 is 1.41 bits per heavy atom. The van der Waals surface area contributed by atoms with E-state index in [2.05, 4.69) is 0 Å². The fourth-order valence-electron chi connectivity index (χ4n) is 3.09. The van der Waals surface area contributed by atoms with Gasteiger partial charge < -0.3 is 10.4 Å². The van der Waals surface area contributed by atoms with E-state index in [0.717, 1.165) is 4.73 Å². The Morgan fingerprint density at radius 3 is 2.00 bits per heavy atom. The van der Waals surface area contributed by atoms with Gasteiger partial charge in [0.05, 0.1) is 10.6 Å². The van der Waals surface area contributed by atoms with Gasteiger partial charge in [-0.05, 0) is 22.9 Å². The summed E-state index contributed by atoms with van der Waals surface area (Å²) in [6.07, 6.45) is 0. The van der Waals surface area contributed by atoms with Crippen LogP contribution in [0.5, 0.6) is 0 Å². The molecule has 4 aromatic rings. The van der Waals surface area contributed by atoms with Crippen molar-refractivity contribution in [2.75, 3.05) is 0 Å². The largest absolute Gasteiger partial charge is 0.710 e. The van der Waals surface area contributed by atoms with Crippen LogP contribution in [0.4, 0.5) is 0 Å². The molecule has 0 saturated carbocycles. The topological polar surface area (TPSA) is 52.1 Å². The molecule has 1 aromatic heterocycles. The lowest BCUT2D eigenvalue weighted by Crippen LogP contribution is -2.30. The van der Waals surface area contributed by atoms with Crippen molar-refractivity contribution < 1.29 is 9.94 Å². The van der Waals surface area contributed by atoms with Gasteiger partial charge in [0.1, 0.15) is 0 Å². The van der Waals surface area contributed by atoms with Gasteiger partial charge in [0.2, 0.25) is 5.69 Å². The standard InChI is InChI=1S/C21H14Cl2N2O2/c22-16-11-12-17(18(23)13-16)21-24(26)19(14-7-3-1-4-8-14)20(25(21)27)15-9-5-2-6-10-15/h1-13,26H. The van der Waals surface area contributed by atoms with Crippen LogP contribution in [0.3, 0.4) is 0 Å². The highest BCUT2D eigenvalue weighted by atomic mass is 35.5. The van der Waals surface area contributed by atoms with Crippen molar-refractivity contribution in [2.45, 2.75) is 0 Å². The van der Waals surface area contributed by atoms with Crippen molar-refractivity contribution in [3.8, 4) is 33.9 Å². The second kappa shape index (κ2) is 6.99. The maximum Gasteiger partial charge on any atom is 0.333 e. The zero-order valence-corrected chi connectivity index (χ0v) is 15.5. The second-order valence-electron chi connectivity index (χ2n) is 5.98. The summed E-state index contributed by atoms with van der Waals surface area (Å²) in [5.41, 5.74) is 2.51. The number of rotatable bonds is 3. The highest BCUT2D eigenvalue weighted by Crippen LogP contribution is 2.36. The molecule has 0 radical (unpaired) electrons. The van der Waals surface area contributed by atoms with Gasteiger partial charge in [0.15, 0.2) is 5.69 Å². The van der Waals surface area contributed by atoms with Crippen LogP contribution in [0, 0.1) is 5.21 Å². The molecule has 0 unspecified atom stereocenters. The summed E-state index contributed by atoms with van der Waals surface area (Å²) in [5.74, 6) is 0.0226. The molecular weight excluding hydrogens is 383 g/mol. The van der Waals surface area contributed by atoms with Gasteiger partial charge in [-0.15, -0.1) is 0 Å². The van der Waals surface area contributed by atoms with Crippen LogP contribution < -0.4 is 4.73 Å². The van der Waals surface area contributed by atoms with Gasteiger partial charge in [-0.25, -0.2) is 4.73 Å². The number of halogens is 2. The van der Waals surface area contributed by atoms with E-state index in [4.69, 9.17) is 23.2 Å². The Balaban J connectivity index is 2.07. The molecule has 134 valence electrons. The molecule has 0 amide bonds. The van der Waals surface area contributed by atoms with Gasteiger partial charge in [-0.1, -0.05) is 83.9 Å². The van der Waals surface area contributed by atoms with Crippen molar-refractivity contribution in [1.29, 1.82) is 0 Å². The molecule has 6 heteroatoms. The molecule has 0 aliphatic heterocycles. The maximum atomic E-state index is 13.3. The molecule has 0 saturated heterocycles. The molecule has 0 aliphatic rings. The minimum absolute atomic E-state index is 0.0226. The SMILES string of the molecule is [O-][n+]1c(-c2ccccc2)c(-c2ccccc2)n(O)c1-c1ccc(Cl)cc1Cl. The van der Waals surface area contributed by atoms with E-state index in [1.54, 1.807) is 12.1 Å². The number of hydrogen-bond acceptors (Lipinski definition) is 2. The van der Waals surface area contributed by atoms with Crippen molar-refractivity contribution >= 4 is 23.2 Å². The predicted molar refractivity (Wildman–Crippen MR) is 107 cm³/mol. The van der Waals surface area contributed by atoms with Gasteiger partial charge in [-0.2, -0.15) is 0 Å². The minimum Gasteiger partial charge on any atom is -0.710 e. The van der Waals surface area contributed by atoms with Crippen molar-refractivity contribution in [2.24, 2.45) is 0 Å². The Hall–Kier alpha value is -2.95. The van der Waals surface area contributed by atoms with Gasteiger partial charge in [-0.3, -0.25) is 0 Å². The van der Waals surface area contributed by atoms with Crippen LogP contribution >= 0.6 is 23.2 Å². The van der Waals surface area contributed by atoms with Gasteiger partial charge in [0.25, 0.3) is 0 Å². The maximum absolute atomic E-state index is 13.3. The number of hydrogen-bond donors (Lipinski definition) is 1. The lowest BCUT2D eigenvalue weighted by atomic mass is 10.1. The van der Waals surface area contributed by atoms with Crippen LogP contribution in [0.15, 0.2) is 78.9 Å². The normalized spacial score (nSPS) is 10.9. The molecule has 3 aromatic carbocycles. The van der Waals surface area contributed by atoms with E-state index in [-0.39, 0.29) is 10.8 Å². The van der Waals surface area contributed by atoms with Crippen molar-refractivity contribution in [1.82, 2.24) is 4.73 Å². The third kappa shape index (κ3) is 3.03. The predicted octanol–water partition coefficient (Wildman–Crippen LogP) is 5.67. The first-order valence-corrected chi connectivity index (χ1v) is 8.97. The quantitative estimate of drug-likeness (QED) is 0.275. The third-order valence-corrected chi connectivity index (χ3v) is 4.85. The first kappa shape index (κ1) is 17.5. The van der Waals surface area contributed by atoms with Crippen molar-refractivity contribution in [3.63, 3.8) is 0 Å². The fraction of sp³-hybridized carbons (Fsp3) is 0. The van der Waals surface area contributed by atoms with E-state index in [0.29, 0.717) is 37.8 Å². The highest BCUT2D eigenvalue weighted by Gasteiger charge is 2.32. The van der Waals surface area contributed by atoms with E-state index >= 15 is 0 Å². The molecule has 0 spiro atoms. The van der Waals surface area contributed by atoms with E-state index in [9.17, 15) is 10.4 Å². The average molecular weight is 397 g/mol. The lowest BCUT2D eigenvalue weighted by molar-refractivity contribution is -0.582. The molecule has 0 bridgehead atoms. The Kier molecular flexibility index (Phi) is 4.52. The monoisotopic (exact) mass is 396 g/mol. The summed E-state index contributed by atoms with van der Waals surface area (Å²) in [6.45, 7) is 0. The number of nitrogens with zero attached hydrogens (tertiary/aromatic N) is 2. The summed E-state index contributed by atoms with van der Waals surface area (Å²) >= 11 is 12.3. The first-order chi connectivity index (χ1) is 13.1. The summed E-state index contributed by atoms with van der Waals surface area (Å²) in [5, 5.41) is 24.9. The Labute approximate surface area is 166 Å². The number of imidazole rings is 1. The van der Waals surface area contributed by atoms with E-state index in [1.165, 1.54) is 6.07 Å². The second-order valence-corrected chi connectivity index (χ2v) is 6.83. The van der Waals surface area contributed by atoms with Crippen LogP contribution in [0.1, 0.15) is 0 Å². The summed E-state index contributed by atoms with van der Waals surface area (Å²) in [6, 6.07) is 23.2. The number of benzene rings is 3. The van der Waals surface area contributed by atoms with E-state index < -0.39 is 0 Å². The van der Waals surface area contributed by atoms with Crippen LogP contribution in [0.25, 0.3) is 33.9 Å². The Bertz CT molecular complexity index is 1050. The molecular formula is C21H14Cl2N2O2. The molecule has 27 heavy (non-hydrogen) atoms. The third-order valence-electron chi connectivity index (χ3n) is 4.30. The number of aromatic nitrogens is 2. The molecule has 4 nitrogen and oxygen atoms in total. The zero-order valence-electron chi connectivity index (χ0n) is 14.0. The van der Waals surface area contributed by atoms with Crippen LogP contribution in [-0.2, 0) is 0 Å². The van der Waals surface area contributed by atoms with Crippen molar-refractivity contribution in [3.05, 3.63) is 94.1 Å². The summed E-state index contributed by atoms with van der Waals surface area (Å²) in [7, 11) is 0. The van der Waals surface area contributed by atoms with Crippen LogP contribution in [0.2, 0.25) is 10.0 Å². The minimum atomic E-state index is 0.0226. The zero-order chi connectivity index (χ0) is 19.0. The highest BCUT2D eigenvalue weighted by molar-refractivity contribution is 6.36. The fourth-order valence-corrected chi connectivity index (χ4v) is 3.59. The molecule has 4 rings (SSSR count). The molecule has 1 heterocycles. The Morgan fingerprint density at radius 1 is 0.815 bits per heavy atom. The molecule has 1 N–H and O–H groups in total. The van der Waals surface area contributed by atoms with E-state index in [1.807, 2.05) is 60.7 Å². The molecule has 0 atom stereocenters. The van der Waals surface area contributed by atoms with Gasteiger partial charge >= 0.3 is 5.82 Å². The molecule has 0 fully saturated rings. The first-order valence-electron chi connectivity index (χ1n) is 8.21. The van der Waals surface area contributed by atoms with Crippen LogP contribution in [-0.4, -0.2) is 9.94 Å². The summed E-state index contributed by atoms with van der Waals surface area (Å²) < 4.78 is 1.59.